The van der Waals surface area contributed by atoms with Crippen LogP contribution < -0.4 is 10.2 Å². The number of rotatable bonds is 6. The van der Waals surface area contributed by atoms with E-state index in [1.54, 1.807) is 6.07 Å². The molecule has 0 aromatic heterocycles. The van der Waals surface area contributed by atoms with Gasteiger partial charge in [0.1, 0.15) is 5.82 Å². The lowest BCUT2D eigenvalue weighted by molar-refractivity contribution is 0.122. The molecule has 2 N–H and O–H groups in total. The summed E-state index contributed by atoms with van der Waals surface area (Å²) < 4.78 is 19.7. The van der Waals surface area contributed by atoms with E-state index >= 15 is 0 Å². The molecule has 1 saturated carbocycles. The van der Waals surface area contributed by atoms with E-state index in [0.29, 0.717) is 31.4 Å². The molecule has 1 aromatic rings. The van der Waals surface area contributed by atoms with Gasteiger partial charge in [-0.3, -0.25) is 0 Å². The Morgan fingerprint density at radius 2 is 2.09 bits per heavy atom. The number of halogens is 1. The zero-order valence-corrected chi connectivity index (χ0v) is 13.1. The third-order valence-corrected chi connectivity index (χ3v) is 4.87. The minimum absolute atomic E-state index is 0.117. The monoisotopic (exact) mass is 308 g/mol. The minimum Gasteiger partial charge on any atom is -0.394 e. The van der Waals surface area contributed by atoms with Crippen LogP contribution >= 0.6 is 0 Å². The van der Waals surface area contributed by atoms with Crippen molar-refractivity contribution in [1.82, 2.24) is 5.32 Å². The van der Waals surface area contributed by atoms with E-state index in [-0.39, 0.29) is 18.0 Å². The molecular formula is C17H25FN2O2. The van der Waals surface area contributed by atoms with Gasteiger partial charge in [0.2, 0.25) is 0 Å². The number of hydrogen-bond acceptors (Lipinski definition) is 4. The zero-order valence-electron chi connectivity index (χ0n) is 13.1. The Morgan fingerprint density at radius 3 is 2.68 bits per heavy atom. The van der Waals surface area contributed by atoms with Crippen molar-refractivity contribution in [3.8, 4) is 0 Å². The summed E-state index contributed by atoms with van der Waals surface area (Å²) in [6.45, 7) is 5.51. The van der Waals surface area contributed by atoms with Crippen LogP contribution in [0.15, 0.2) is 18.2 Å². The Kier molecular flexibility index (Phi) is 4.66. The van der Waals surface area contributed by atoms with Gasteiger partial charge in [-0.15, -0.1) is 0 Å². The van der Waals surface area contributed by atoms with Gasteiger partial charge in [-0.25, -0.2) is 4.39 Å². The molecule has 2 fully saturated rings. The topological polar surface area (TPSA) is 44.7 Å². The molecule has 1 unspecified atom stereocenters. The number of aliphatic hydroxyl groups is 1. The van der Waals surface area contributed by atoms with Gasteiger partial charge in [-0.2, -0.15) is 0 Å². The second kappa shape index (κ2) is 6.52. The maximum Gasteiger partial charge on any atom is 0.146 e. The van der Waals surface area contributed by atoms with Gasteiger partial charge in [0.15, 0.2) is 0 Å². The lowest BCUT2D eigenvalue weighted by atomic mass is 9.96. The highest BCUT2D eigenvalue weighted by Crippen LogP contribution is 2.39. The third-order valence-electron chi connectivity index (χ3n) is 4.87. The number of benzene rings is 1. The van der Waals surface area contributed by atoms with Crippen molar-refractivity contribution in [2.24, 2.45) is 5.92 Å². The summed E-state index contributed by atoms with van der Waals surface area (Å²) in [5, 5.41) is 13.0. The Balaban J connectivity index is 1.64. The molecule has 4 nitrogen and oxygen atoms in total. The maximum atomic E-state index is 14.3. The summed E-state index contributed by atoms with van der Waals surface area (Å²) in [7, 11) is 0. The van der Waals surface area contributed by atoms with Crippen LogP contribution in [0.5, 0.6) is 0 Å². The van der Waals surface area contributed by atoms with Crippen molar-refractivity contribution >= 4 is 5.69 Å². The first-order chi connectivity index (χ1) is 10.6. The van der Waals surface area contributed by atoms with Gasteiger partial charge < -0.3 is 20.1 Å². The van der Waals surface area contributed by atoms with Gasteiger partial charge in [0, 0.05) is 25.2 Å². The molecule has 3 rings (SSSR count). The highest BCUT2D eigenvalue weighted by atomic mass is 19.1. The molecule has 1 atom stereocenters. The molecule has 22 heavy (non-hydrogen) atoms. The fourth-order valence-electron chi connectivity index (χ4n) is 3.07. The van der Waals surface area contributed by atoms with Crippen molar-refractivity contribution < 1.29 is 14.2 Å². The van der Waals surface area contributed by atoms with Crippen LogP contribution in [0.25, 0.3) is 0 Å². The number of nitrogens with zero attached hydrogens (tertiary/aromatic N) is 1. The first kappa shape index (κ1) is 15.7. The number of ether oxygens (including phenoxy) is 1. The van der Waals surface area contributed by atoms with Crippen molar-refractivity contribution in [3.05, 3.63) is 29.6 Å². The van der Waals surface area contributed by atoms with Gasteiger partial charge in [0.05, 0.1) is 25.5 Å². The standard InChI is InChI=1S/C17H25FN2O2/c1-17(12-21,14-3-4-14)19-11-13-2-5-16(15(18)10-13)20-6-8-22-9-7-20/h2,5,10,14,19,21H,3-4,6-9,11-12H2,1H3. The number of anilines is 1. The van der Waals surface area contributed by atoms with Gasteiger partial charge in [0.25, 0.3) is 0 Å². The molecule has 2 aliphatic rings. The first-order valence-corrected chi connectivity index (χ1v) is 8.09. The average Bonchev–Trinajstić information content (AvgIpc) is 3.39. The van der Waals surface area contributed by atoms with Gasteiger partial charge >= 0.3 is 0 Å². The number of nitrogens with one attached hydrogen (secondary N) is 1. The molecule has 1 saturated heterocycles. The van der Waals surface area contributed by atoms with Crippen LogP contribution in [0.3, 0.4) is 0 Å². The summed E-state index contributed by atoms with van der Waals surface area (Å²) >= 11 is 0. The molecule has 122 valence electrons. The third kappa shape index (κ3) is 3.42. The maximum absolute atomic E-state index is 14.3. The molecule has 5 heteroatoms. The fourth-order valence-corrected chi connectivity index (χ4v) is 3.07. The summed E-state index contributed by atoms with van der Waals surface area (Å²) in [5.74, 6) is 0.355. The Labute approximate surface area is 131 Å². The second-order valence-electron chi connectivity index (χ2n) is 6.59. The van der Waals surface area contributed by atoms with Crippen LogP contribution in [0, 0.1) is 11.7 Å². The fraction of sp³-hybridized carbons (Fsp3) is 0.647. The second-order valence-corrected chi connectivity index (χ2v) is 6.59. The highest BCUT2D eigenvalue weighted by molar-refractivity contribution is 5.49. The van der Waals surface area contributed by atoms with Gasteiger partial charge in [-0.1, -0.05) is 6.07 Å². The first-order valence-electron chi connectivity index (χ1n) is 8.09. The minimum atomic E-state index is -0.251. The van der Waals surface area contributed by atoms with Crippen molar-refractivity contribution in [2.45, 2.75) is 31.8 Å². The Morgan fingerprint density at radius 1 is 1.36 bits per heavy atom. The van der Waals surface area contributed by atoms with Crippen LogP contribution in [0.2, 0.25) is 0 Å². The largest absolute Gasteiger partial charge is 0.394 e. The SMILES string of the molecule is CC(CO)(NCc1ccc(N2CCOCC2)c(F)c1)C1CC1. The Hall–Kier alpha value is -1.17. The number of aliphatic hydroxyl groups excluding tert-OH is 1. The molecular weight excluding hydrogens is 283 g/mol. The number of hydrogen-bond donors (Lipinski definition) is 2. The van der Waals surface area contributed by atoms with E-state index in [4.69, 9.17) is 4.74 Å². The molecule has 0 radical (unpaired) electrons. The van der Waals surface area contributed by atoms with Crippen LogP contribution in [0.1, 0.15) is 25.3 Å². The number of morpholine rings is 1. The summed E-state index contributed by atoms with van der Waals surface area (Å²) in [6, 6.07) is 5.42. The van der Waals surface area contributed by atoms with E-state index in [1.807, 2.05) is 24.0 Å². The quantitative estimate of drug-likeness (QED) is 0.843. The lowest BCUT2D eigenvalue weighted by Gasteiger charge is -2.30. The lowest BCUT2D eigenvalue weighted by Crippen LogP contribution is -2.47. The average molecular weight is 308 g/mol. The van der Waals surface area contributed by atoms with E-state index in [2.05, 4.69) is 5.32 Å². The molecule has 0 bridgehead atoms. The Bertz CT molecular complexity index is 515. The predicted molar refractivity (Wildman–Crippen MR) is 84.5 cm³/mol. The molecule has 1 aliphatic carbocycles. The molecule has 0 amide bonds. The van der Waals surface area contributed by atoms with Crippen LogP contribution in [-0.2, 0) is 11.3 Å². The summed E-state index contributed by atoms with van der Waals surface area (Å²) in [5.41, 5.74) is 1.31. The van der Waals surface area contributed by atoms with Crippen molar-refractivity contribution in [3.63, 3.8) is 0 Å². The van der Waals surface area contributed by atoms with Crippen molar-refractivity contribution in [1.29, 1.82) is 0 Å². The molecule has 1 aromatic carbocycles. The van der Waals surface area contributed by atoms with E-state index in [9.17, 15) is 9.50 Å². The van der Waals surface area contributed by atoms with Crippen LogP contribution in [0.4, 0.5) is 10.1 Å². The van der Waals surface area contributed by atoms with Gasteiger partial charge in [-0.05, 0) is 43.4 Å². The van der Waals surface area contributed by atoms with E-state index in [1.165, 1.54) is 0 Å². The van der Waals surface area contributed by atoms with Crippen LogP contribution in [-0.4, -0.2) is 43.6 Å². The molecule has 1 heterocycles. The van der Waals surface area contributed by atoms with E-state index in [0.717, 1.165) is 31.5 Å². The molecule has 1 aliphatic heterocycles. The highest BCUT2D eigenvalue weighted by Gasteiger charge is 2.40. The smallest absolute Gasteiger partial charge is 0.146 e. The summed E-state index contributed by atoms with van der Waals surface area (Å²) in [4.78, 5) is 2.03. The predicted octanol–water partition coefficient (Wildman–Crippen LogP) is 1.91. The normalized spacial score (nSPS) is 21.7. The van der Waals surface area contributed by atoms with Crippen molar-refractivity contribution in [2.75, 3.05) is 37.8 Å². The van der Waals surface area contributed by atoms with E-state index < -0.39 is 0 Å². The summed E-state index contributed by atoms with van der Waals surface area (Å²) in [6.07, 6.45) is 2.32. The zero-order chi connectivity index (χ0) is 15.6. The molecule has 0 spiro atoms.